The predicted octanol–water partition coefficient (Wildman–Crippen LogP) is 5.28. The smallest absolute Gasteiger partial charge is 0.318 e. The number of halogens is 1. The molecule has 0 saturated carbocycles. The van der Waals surface area contributed by atoms with Crippen LogP contribution in [0.1, 0.15) is 18.4 Å². The Morgan fingerprint density at radius 2 is 2.16 bits per heavy atom. The number of rotatable bonds is 3. The third kappa shape index (κ3) is 2.85. The number of allylic oxidation sites excluding steroid dienone is 1. The first-order valence-corrected chi connectivity index (χ1v) is 8.93. The van der Waals surface area contributed by atoms with E-state index in [1.807, 2.05) is 30.4 Å². The fraction of sp³-hybridized carbons (Fsp3) is 0.200. The van der Waals surface area contributed by atoms with Crippen LogP contribution in [-0.2, 0) is 4.79 Å². The van der Waals surface area contributed by atoms with Crippen molar-refractivity contribution in [2.75, 3.05) is 0 Å². The van der Waals surface area contributed by atoms with Crippen molar-refractivity contribution in [2.45, 2.75) is 19.8 Å². The number of ether oxygens (including phenoxy) is 1. The van der Waals surface area contributed by atoms with Gasteiger partial charge in [-0.05, 0) is 43.4 Å². The summed E-state index contributed by atoms with van der Waals surface area (Å²) in [6, 6.07) is 9.07. The Labute approximate surface area is 148 Å². The van der Waals surface area contributed by atoms with Crippen LogP contribution in [0.5, 0.6) is 5.75 Å². The Morgan fingerprint density at radius 3 is 2.96 bits per heavy atom. The zero-order chi connectivity index (χ0) is 17.4. The lowest BCUT2D eigenvalue weighted by Crippen LogP contribution is -2.17. The van der Waals surface area contributed by atoms with Crippen molar-refractivity contribution in [1.82, 2.24) is 4.37 Å². The molecule has 0 aliphatic heterocycles. The molecule has 3 aromatic rings. The van der Waals surface area contributed by atoms with Crippen LogP contribution in [0.3, 0.4) is 0 Å². The van der Waals surface area contributed by atoms with E-state index in [0.29, 0.717) is 11.1 Å². The summed E-state index contributed by atoms with van der Waals surface area (Å²) >= 11 is 1.35. The second kappa shape index (κ2) is 6.41. The molecule has 0 amide bonds. The van der Waals surface area contributed by atoms with Crippen LogP contribution in [0, 0.1) is 18.7 Å². The summed E-state index contributed by atoms with van der Waals surface area (Å²) in [4.78, 5) is 12.2. The number of aromatic nitrogens is 1. The van der Waals surface area contributed by atoms with E-state index in [1.54, 1.807) is 25.3 Å². The van der Waals surface area contributed by atoms with Crippen LogP contribution in [0.25, 0.3) is 21.2 Å². The highest BCUT2D eigenvalue weighted by Gasteiger charge is 2.22. The summed E-state index contributed by atoms with van der Waals surface area (Å²) in [7, 11) is 0. The van der Waals surface area contributed by atoms with E-state index < -0.39 is 0 Å². The summed E-state index contributed by atoms with van der Waals surface area (Å²) in [5, 5.41) is 0.989. The summed E-state index contributed by atoms with van der Waals surface area (Å²) in [6.45, 7) is 1.64. The number of hydrogen-bond acceptors (Lipinski definition) is 4. The van der Waals surface area contributed by atoms with Gasteiger partial charge in [0, 0.05) is 28.3 Å². The van der Waals surface area contributed by atoms with E-state index in [-0.39, 0.29) is 23.5 Å². The number of nitrogens with zero attached hydrogens (tertiary/aromatic N) is 1. The van der Waals surface area contributed by atoms with Crippen LogP contribution in [0.2, 0.25) is 0 Å². The van der Waals surface area contributed by atoms with Crippen LogP contribution in [0.15, 0.2) is 48.7 Å². The third-order valence-electron chi connectivity index (χ3n) is 4.53. The Kier molecular flexibility index (Phi) is 4.09. The minimum atomic E-state index is -0.367. The van der Waals surface area contributed by atoms with Gasteiger partial charge in [0.1, 0.15) is 11.6 Å². The Morgan fingerprint density at radius 1 is 1.28 bits per heavy atom. The fourth-order valence-corrected chi connectivity index (χ4v) is 3.88. The molecule has 2 aromatic carbocycles. The lowest BCUT2D eigenvalue weighted by atomic mass is 10.0. The van der Waals surface area contributed by atoms with Crippen LogP contribution >= 0.6 is 11.5 Å². The van der Waals surface area contributed by atoms with Gasteiger partial charge in [-0.3, -0.25) is 4.79 Å². The van der Waals surface area contributed by atoms with Crippen molar-refractivity contribution in [2.24, 2.45) is 5.92 Å². The van der Waals surface area contributed by atoms with Gasteiger partial charge in [-0.1, -0.05) is 30.4 Å². The maximum Gasteiger partial charge on any atom is 0.318 e. The summed E-state index contributed by atoms with van der Waals surface area (Å²) < 4.78 is 25.6. The second-order valence-electron chi connectivity index (χ2n) is 6.13. The number of hydrogen-bond donors (Lipinski definition) is 0. The second-order valence-corrected chi connectivity index (χ2v) is 6.93. The SMILES string of the molecule is Cc1c(OC(=O)C2C=CCC2)ccc(-c2cccc3cnsc23)c1F. The van der Waals surface area contributed by atoms with Gasteiger partial charge in [-0.2, -0.15) is 4.37 Å². The highest BCUT2D eigenvalue weighted by molar-refractivity contribution is 7.13. The van der Waals surface area contributed by atoms with E-state index in [0.717, 1.165) is 28.5 Å². The molecular weight excluding hydrogens is 337 g/mol. The predicted molar refractivity (Wildman–Crippen MR) is 97.3 cm³/mol. The highest BCUT2D eigenvalue weighted by atomic mass is 32.1. The van der Waals surface area contributed by atoms with Gasteiger partial charge in [-0.15, -0.1) is 0 Å². The maximum absolute atomic E-state index is 15.0. The Hall–Kier alpha value is -2.53. The molecule has 25 heavy (non-hydrogen) atoms. The van der Waals surface area contributed by atoms with Gasteiger partial charge in [0.2, 0.25) is 0 Å². The topological polar surface area (TPSA) is 39.2 Å². The molecule has 1 heterocycles. The first-order valence-electron chi connectivity index (χ1n) is 8.16. The molecule has 1 aliphatic carbocycles. The van der Waals surface area contributed by atoms with Gasteiger partial charge in [-0.25, -0.2) is 4.39 Å². The van der Waals surface area contributed by atoms with Crippen molar-refractivity contribution in [3.63, 3.8) is 0 Å². The van der Waals surface area contributed by atoms with E-state index in [2.05, 4.69) is 4.37 Å². The monoisotopic (exact) mass is 353 g/mol. The van der Waals surface area contributed by atoms with Crippen LogP contribution < -0.4 is 4.74 Å². The first kappa shape index (κ1) is 16.0. The number of fused-ring (bicyclic) bond motifs is 1. The van der Waals surface area contributed by atoms with Gasteiger partial charge < -0.3 is 4.74 Å². The molecule has 126 valence electrons. The molecule has 1 unspecified atom stereocenters. The molecule has 1 aromatic heterocycles. The molecule has 0 spiro atoms. The van der Waals surface area contributed by atoms with E-state index in [9.17, 15) is 9.18 Å². The first-order chi connectivity index (χ1) is 12.1. The molecule has 5 heteroatoms. The average Bonchev–Trinajstić information content (AvgIpc) is 3.30. The molecule has 4 rings (SSSR count). The van der Waals surface area contributed by atoms with Gasteiger partial charge in [0.05, 0.1) is 10.6 Å². The minimum absolute atomic E-state index is 0.229. The van der Waals surface area contributed by atoms with Crippen LogP contribution in [0.4, 0.5) is 4.39 Å². The number of carbonyl (C=O) groups is 1. The molecule has 0 fully saturated rings. The molecular formula is C20H16FNO2S. The van der Waals surface area contributed by atoms with E-state index in [1.165, 1.54) is 11.5 Å². The van der Waals surface area contributed by atoms with Crippen molar-refractivity contribution in [3.05, 3.63) is 60.1 Å². The van der Waals surface area contributed by atoms with E-state index >= 15 is 0 Å². The molecule has 0 N–H and O–H groups in total. The Bertz CT molecular complexity index is 993. The van der Waals surface area contributed by atoms with Gasteiger partial charge in [0.25, 0.3) is 0 Å². The molecule has 0 bridgehead atoms. The lowest BCUT2D eigenvalue weighted by Gasteiger charge is -2.13. The highest BCUT2D eigenvalue weighted by Crippen LogP contribution is 2.36. The molecule has 3 nitrogen and oxygen atoms in total. The van der Waals surface area contributed by atoms with Crippen molar-refractivity contribution in [1.29, 1.82) is 0 Å². The molecule has 0 saturated heterocycles. The Balaban J connectivity index is 1.70. The average molecular weight is 353 g/mol. The minimum Gasteiger partial charge on any atom is -0.426 e. The number of carbonyl (C=O) groups excluding carboxylic acids is 1. The van der Waals surface area contributed by atoms with Gasteiger partial charge >= 0.3 is 5.97 Å². The van der Waals surface area contributed by atoms with Crippen molar-refractivity contribution >= 4 is 27.6 Å². The number of benzene rings is 2. The fourth-order valence-electron chi connectivity index (χ4n) is 3.11. The molecule has 0 radical (unpaired) electrons. The summed E-state index contributed by atoms with van der Waals surface area (Å²) in [5.41, 5.74) is 1.64. The van der Waals surface area contributed by atoms with Crippen LogP contribution in [-0.4, -0.2) is 10.3 Å². The molecule has 1 aliphatic rings. The van der Waals surface area contributed by atoms with Gasteiger partial charge in [0.15, 0.2) is 0 Å². The standard InChI is InChI=1S/C20H16FNO2S/c1-12-17(24-20(23)13-5-2-3-6-13)10-9-15(18(12)21)16-8-4-7-14-11-22-25-19(14)16/h2,4-5,7-11,13H,3,6H2,1H3. The molecule has 1 atom stereocenters. The zero-order valence-electron chi connectivity index (χ0n) is 13.7. The normalized spacial score (nSPS) is 16.5. The van der Waals surface area contributed by atoms with Crippen molar-refractivity contribution in [3.8, 4) is 16.9 Å². The van der Waals surface area contributed by atoms with Crippen molar-refractivity contribution < 1.29 is 13.9 Å². The summed E-state index contributed by atoms with van der Waals surface area (Å²) in [6.07, 6.45) is 7.24. The zero-order valence-corrected chi connectivity index (χ0v) is 14.5. The maximum atomic E-state index is 15.0. The quantitative estimate of drug-likeness (QED) is 0.365. The number of esters is 1. The van der Waals surface area contributed by atoms with E-state index in [4.69, 9.17) is 4.74 Å². The third-order valence-corrected chi connectivity index (χ3v) is 5.38. The lowest BCUT2D eigenvalue weighted by molar-refractivity contribution is -0.137. The summed E-state index contributed by atoms with van der Waals surface area (Å²) in [5.74, 6) is -0.641. The largest absolute Gasteiger partial charge is 0.426 e.